The lowest BCUT2D eigenvalue weighted by atomic mass is 9.87. The number of aromatic amines is 1. The molecular weight excluding hydrogens is 395 g/mol. The fourth-order valence-electron chi connectivity index (χ4n) is 3.87. The smallest absolute Gasteiger partial charge is 0.253 e. The Hall–Kier alpha value is -2.94. The number of carbonyl (C=O) groups excluding carboxylic acids is 1. The van der Waals surface area contributed by atoms with Crippen LogP contribution in [-0.2, 0) is 10.0 Å². The van der Waals surface area contributed by atoms with Crippen LogP contribution >= 0.6 is 0 Å². The van der Waals surface area contributed by atoms with Gasteiger partial charge in [-0.05, 0) is 49.1 Å². The second-order valence-corrected chi connectivity index (χ2v) is 9.03. The highest BCUT2D eigenvalue weighted by Crippen LogP contribution is 2.34. The number of carbonyl (C=O) groups is 1. The number of sulfonamides is 1. The summed E-state index contributed by atoms with van der Waals surface area (Å²) in [5.74, 6) is -0.395. The Labute approximate surface area is 168 Å². The number of nitrogens with zero attached hydrogens (tertiary/aromatic N) is 2. The maximum atomic E-state index is 14.5. The van der Waals surface area contributed by atoms with Crippen LogP contribution in [0.25, 0.3) is 11.0 Å². The molecule has 0 saturated carbocycles. The zero-order valence-electron chi connectivity index (χ0n) is 15.9. The van der Waals surface area contributed by atoms with Crippen molar-refractivity contribution in [1.29, 1.82) is 0 Å². The largest absolute Gasteiger partial charge is 0.346 e. The number of pyridine rings is 1. The number of hydrogen-bond acceptors (Lipinski definition) is 4. The van der Waals surface area contributed by atoms with E-state index in [1.807, 2.05) is 6.07 Å². The fraction of sp³-hybridized carbons (Fsp3) is 0.300. The Morgan fingerprint density at radius 2 is 1.90 bits per heavy atom. The summed E-state index contributed by atoms with van der Waals surface area (Å²) < 4.78 is 39.4. The maximum Gasteiger partial charge on any atom is 0.253 e. The standard InChI is InChI=1S/C20H21FN4O3S/c1-29(27,28)24-15-4-2-14(3-5-15)20(26)25-10-7-13(8-11-25)18-16-6-9-22-19(16)23-12-17(18)21/h2-6,9,12-13,24H,7-8,10-11H2,1H3,(H,22,23). The van der Waals surface area contributed by atoms with Crippen LogP contribution < -0.4 is 4.72 Å². The zero-order valence-corrected chi connectivity index (χ0v) is 16.7. The molecule has 2 aromatic heterocycles. The highest BCUT2D eigenvalue weighted by atomic mass is 32.2. The van der Waals surface area contributed by atoms with Crippen LogP contribution in [0.3, 0.4) is 0 Å². The molecule has 0 spiro atoms. The number of fused-ring (bicyclic) bond motifs is 1. The molecule has 1 amide bonds. The molecule has 7 nitrogen and oxygen atoms in total. The number of hydrogen-bond donors (Lipinski definition) is 2. The van der Waals surface area contributed by atoms with E-state index in [9.17, 15) is 17.6 Å². The predicted octanol–water partition coefficient (Wildman–Crippen LogP) is 3.09. The van der Waals surface area contributed by atoms with Crippen molar-refractivity contribution in [2.75, 3.05) is 24.1 Å². The van der Waals surface area contributed by atoms with Gasteiger partial charge >= 0.3 is 0 Å². The second-order valence-electron chi connectivity index (χ2n) is 7.28. The number of benzene rings is 1. The Morgan fingerprint density at radius 1 is 1.21 bits per heavy atom. The highest BCUT2D eigenvalue weighted by molar-refractivity contribution is 7.92. The number of amides is 1. The fourth-order valence-corrected chi connectivity index (χ4v) is 4.43. The van der Waals surface area contributed by atoms with Gasteiger partial charge in [0.05, 0.1) is 12.5 Å². The topological polar surface area (TPSA) is 95.2 Å². The maximum absolute atomic E-state index is 14.5. The number of halogens is 1. The summed E-state index contributed by atoms with van der Waals surface area (Å²) in [6.07, 6.45) is 5.41. The molecule has 0 bridgehead atoms. The molecule has 9 heteroatoms. The van der Waals surface area contributed by atoms with Crippen LogP contribution in [0.15, 0.2) is 42.7 Å². The number of aromatic nitrogens is 2. The van der Waals surface area contributed by atoms with Crippen LogP contribution in [0.5, 0.6) is 0 Å². The molecule has 4 rings (SSSR count). The molecule has 1 fully saturated rings. The third-order valence-corrected chi connectivity index (χ3v) is 5.81. The normalized spacial score (nSPS) is 15.6. The quantitative estimate of drug-likeness (QED) is 0.683. The van der Waals surface area contributed by atoms with Crippen molar-refractivity contribution in [3.63, 3.8) is 0 Å². The lowest BCUT2D eigenvalue weighted by molar-refractivity contribution is 0.0712. The molecule has 1 aliphatic heterocycles. The molecule has 1 aliphatic rings. The molecule has 0 atom stereocenters. The van der Waals surface area contributed by atoms with Gasteiger partial charge in [-0.25, -0.2) is 17.8 Å². The third-order valence-electron chi connectivity index (χ3n) is 5.21. The number of anilines is 1. The number of piperidine rings is 1. The van der Waals surface area contributed by atoms with Gasteiger partial charge in [-0.15, -0.1) is 0 Å². The molecule has 2 N–H and O–H groups in total. The first kappa shape index (κ1) is 19.4. The molecule has 1 aromatic carbocycles. The molecule has 152 valence electrons. The second kappa shape index (κ2) is 7.47. The van der Waals surface area contributed by atoms with Crippen molar-refractivity contribution in [1.82, 2.24) is 14.9 Å². The molecule has 0 unspecified atom stereocenters. The van der Waals surface area contributed by atoms with E-state index in [0.29, 0.717) is 48.4 Å². The van der Waals surface area contributed by atoms with Crippen molar-refractivity contribution in [3.05, 3.63) is 59.7 Å². The molecule has 0 radical (unpaired) electrons. The van der Waals surface area contributed by atoms with Gasteiger partial charge < -0.3 is 9.88 Å². The van der Waals surface area contributed by atoms with E-state index in [1.165, 1.54) is 6.20 Å². The van der Waals surface area contributed by atoms with Crippen molar-refractivity contribution in [3.8, 4) is 0 Å². The van der Waals surface area contributed by atoms with Crippen LogP contribution in [0.4, 0.5) is 10.1 Å². The third kappa shape index (κ3) is 4.09. The first-order chi connectivity index (χ1) is 13.8. The van der Waals surface area contributed by atoms with E-state index < -0.39 is 10.0 Å². The summed E-state index contributed by atoms with van der Waals surface area (Å²) in [5.41, 5.74) is 2.24. The first-order valence-electron chi connectivity index (χ1n) is 9.30. The molecule has 3 heterocycles. The zero-order chi connectivity index (χ0) is 20.6. The summed E-state index contributed by atoms with van der Waals surface area (Å²) in [4.78, 5) is 21.6. The molecule has 3 aromatic rings. The average Bonchev–Trinajstić information content (AvgIpc) is 3.16. The summed E-state index contributed by atoms with van der Waals surface area (Å²) in [6.45, 7) is 1.06. The van der Waals surface area contributed by atoms with E-state index >= 15 is 0 Å². The van der Waals surface area contributed by atoms with Crippen LogP contribution in [-0.4, -0.2) is 48.5 Å². The average molecular weight is 416 g/mol. The Bertz CT molecular complexity index is 1150. The van der Waals surface area contributed by atoms with Gasteiger partial charge in [0.1, 0.15) is 11.5 Å². The van der Waals surface area contributed by atoms with Gasteiger partial charge in [-0.3, -0.25) is 9.52 Å². The van der Waals surface area contributed by atoms with Gasteiger partial charge in [0.2, 0.25) is 10.0 Å². The Balaban J connectivity index is 1.45. The van der Waals surface area contributed by atoms with Crippen LogP contribution in [0.2, 0.25) is 0 Å². The lowest BCUT2D eigenvalue weighted by Gasteiger charge is -2.32. The first-order valence-corrected chi connectivity index (χ1v) is 11.2. The van der Waals surface area contributed by atoms with Gasteiger partial charge in [0, 0.05) is 41.5 Å². The van der Waals surface area contributed by atoms with Crippen molar-refractivity contribution in [2.24, 2.45) is 0 Å². The van der Waals surface area contributed by atoms with Gasteiger partial charge in [-0.1, -0.05) is 0 Å². The van der Waals surface area contributed by atoms with Gasteiger partial charge in [-0.2, -0.15) is 0 Å². The number of H-pyrrole nitrogens is 1. The van der Waals surface area contributed by atoms with Crippen molar-refractivity contribution >= 4 is 32.7 Å². The number of nitrogens with one attached hydrogen (secondary N) is 2. The Morgan fingerprint density at radius 3 is 2.55 bits per heavy atom. The highest BCUT2D eigenvalue weighted by Gasteiger charge is 2.27. The minimum atomic E-state index is -3.36. The minimum Gasteiger partial charge on any atom is -0.346 e. The van der Waals surface area contributed by atoms with E-state index in [1.54, 1.807) is 35.4 Å². The predicted molar refractivity (Wildman–Crippen MR) is 109 cm³/mol. The van der Waals surface area contributed by atoms with E-state index in [0.717, 1.165) is 11.6 Å². The monoisotopic (exact) mass is 416 g/mol. The van der Waals surface area contributed by atoms with E-state index in [-0.39, 0.29) is 17.6 Å². The summed E-state index contributed by atoms with van der Waals surface area (Å²) in [6, 6.07) is 8.18. The molecule has 1 saturated heterocycles. The van der Waals surface area contributed by atoms with Crippen LogP contribution in [0.1, 0.15) is 34.7 Å². The SMILES string of the molecule is CS(=O)(=O)Nc1ccc(C(=O)N2CCC(c3c(F)cnc4[nH]ccc34)CC2)cc1. The van der Waals surface area contributed by atoms with Gasteiger partial charge in [0.15, 0.2) is 0 Å². The van der Waals surface area contributed by atoms with Crippen LogP contribution in [0, 0.1) is 5.82 Å². The molecular formula is C20H21FN4O3S. The van der Waals surface area contributed by atoms with Crippen molar-refractivity contribution < 1.29 is 17.6 Å². The Kier molecular flexibility index (Phi) is 4.99. The van der Waals surface area contributed by atoms with Gasteiger partial charge in [0.25, 0.3) is 5.91 Å². The molecule has 0 aliphatic carbocycles. The van der Waals surface area contributed by atoms with E-state index in [2.05, 4.69) is 14.7 Å². The molecule has 29 heavy (non-hydrogen) atoms. The van der Waals surface area contributed by atoms with Crippen molar-refractivity contribution in [2.45, 2.75) is 18.8 Å². The number of rotatable bonds is 4. The lowest BCUT2D eigenvalue weighted by Crippen LogP contribution is -2.38. The van der Waals surface area contributed by atoms with E-state index in [4.69, 9.17) is 0 Å². The minimum absolute atomic E-state index is 0.0293. The summed E-state index contributed by atoms with van der Waals surface area (Å²) in [5, 5.41) is 0.795. The summed E-state index contributed by atoms with van der Waals surface area (Å²) >= 11 is 0. The number of likely N-dealkylation sites (tertiary alicyclic amines) is 1. The summed E-state index contributed by atoms with van der Waals surface area (Å²) in [7, 11) is -3.36.